The van der Waals surface area contributed by atoms with E-state index in [1.165, 1.54) is 0 Å². The number of carbonyl (C=O) groups excluding carboxylic acids is 1. The fourth-order valence-electron chi connectivity index (χ4n) is 2.86. The maximum Gasteiger partial charge on any atom is 0.255 e. The molecule has 0 bridgehead atoms. The number of amides is 1. The molecule has 0 unspecified atom stereocenters. The summed E-state index contributed by atoms with van der Waals surface area (Å²) in [5.74, 6) is 1.56. The first-order valence-electron chi connectivity index (χ1n) is 9.69. The molecule has 0 heterocycles. The largest absolute Gasteiger partial charge is 0.496 e. The van der Waals surface area contributed by atoms with Gasteiger partial charge in [0.05, 0.1) is 19.4 Å². The van der Waals surface area contributed by atoms with E-state index in [1.807, 2.05) is 37.3 Å². The highest BCUT2D eigenvalue weighted by molar-refractivity contribution is 6.31. The van der Waals surface area contributed by atoms with Gasteiger partial charge in [0.2, 0.25) is 0 Å². The number of carbonyl (C=O) groups is 1. The van der Waals surface area contributed by atoms with E-state index < -0.39 is 0 Å². The van der Waals surface area contributed by atoms with E-state index in [4.69, 9.17) is 25.8 Å². The number of para-hydroxylation sites is 1. The van der Waals surface area contributed by atoms with Crippen LogP contribution in [0.15, 0.2) is 66.7 Å². The van der Waals surface area contributed by atoms with Crippen molar-refractivity contribution >= 4 is 23.2 Å². The van der Waals surface area contributed by atoms with Crippen LogP contribution in [0.1, 0.15) is 29.3 Å². The lowest BCUT2D eigenvalue weighted by Crippen LogP contribution is -2.13. The van der Waals surface area contributed by atoms with Gasteiger partial charge in [0.15, 0.2) is 5.75 Å². The number of halogens is 1. The monoisotopic (exact) mass is 425 g/mol. The first kappa shape index (κ1) is 21.7. The molecule has 1 amide bonds. The van der Waals surface area contributed by atoms with Crippen LogP contribution in [-0.2, 0) is 11.3 Å². The highest BCUT2D eigenvalue weighted by atomic mass is 35.5. The van der Waals surface area contributed by atoms with Gasteiger partial charge in [-0.15, -0.1) is 0 Å². The molecular weight excluding hydrogens is 402 g/mol. The van der Waals surface area contributed by atoms with Gasteiger partial charge in [0, 0.05) is 22.8 Å². The second kappa shape index (κ2) is 10.7. The van der Waals surface area contributed by atoms with Gasteiger partial charge in [-0.1, -0.05) is 36.7 Å². The van der Waals surface area contributed by atoms with E-state index >= 15 is 0 Å². The lowest BCUT2D eigenvalue weighted by atomic mass is 10.1. The topological polar surface area (TPSA) is 56.8 Å². The second-order valence-electron chi connectivity index (χ2n) is 6.59. The van der Waals surface area contributed by atoms with Crippen molar-refractivity contribution in [1.29, 1.82) is 0 Å². The fraction of sp³-hybridized carbons (Fsp3) is 0.208. The average Bonchev–Trinajstić information content (AvgIpc) is 2.76. The molecule has 1 N–H and O–H groups in total. The first-order valence-corrected chi connectivity index (χ1v) is 10.1. The van der Waals surface area contributed by atoms with Gasteiger partial charge in [0.1, 0.15) is 11.5 Å². The zero-order valence-electron chi connectivity index (χ0n) is 17.0. The standard InChI is InChI=1S/C24H24ClNO4/c1-3-13-29-16-18-14-17(9-11-22(18)28-2)24(27)26-21-15-19(25)10-12-23(21)30-20-7-5-4-6-8-20/h4-12,14-15H,3,13,16H2,1-2H3,(H,26,27). The maximum absolute atomic E-state index is 12.9. The Morgan fingerprint density at radius 2 is 1.77 bits per heavy atom. The molecule has 0 atom stereocenters. The van der Waals surface area contributed by atoms with Gasteiger partial charge in [0.25, 0.3) is 5.91 Å². The van der Waals surface area contributed by atoms with Gasteiger partial charge in [-0.3, -0.25) is 4.79 Å². The summed E-state index contributed by atoms with van der Waals surface area (Å²) in [5.41, 5.74) is 1.78. The van der Waals surface area contributed by atoms with Crippen LogP contribution in [0.25, 0.3) is 0 Å². The summed E-state index contributed by atoms with van der Waals surface area (Å²) >= 11 is 6.15. The first-order chi connectivity index (χ1) is 14.6. The highest BCUT2D eigenvalue weighted by Gasteiger charge is 2.14. The average molecular weight is 426 g/mol. The summed E-state index contributed by atoms with van der Waals surface area (Å²) in [6.45, 7) is 3.06. The van der Waals surface area contributed by atoms with Crippen LogP contribution in [0.5, 0.6) is 17.2 Å². The van der Waals surface area contributed by atoms with Gasteiger partial charge in [-0.25, -0.2) is 0 Å². The zero-order valence-corrected chi connectivity index (χ0v) is 17.7. The molecule has 3 aromatic carbocycles. The Bertz CT molecular complexity index is 992. The van der Waals surface area contributed by atoms with Crippen molar-refractivity contribution < 1.29 is 19.0 Å². The van der Waals surface area contributed by atoms with Gasteiger partial charge in [-0.05, 0) is 55.0 Å². The minimum Gasteiger partial charge on any atom is -0.496 e. The van der Waals surface area contributed by atoms with E-state index in [0.717, 1.165) is 12.0 Å². The summed E-state index contributed by atoms with van der Waals surface area (Å²) in [4.78, 5) is 12.9. The third-order valence-corrected chi connectivity index (χ3v) is 4.54. The normalized spacial score (nSPS) is 10.5. The zero-order chi connectivity index (χ0) is 21.3. The van der Waals surface area contributed by atoms with Crippen LogP contribution in [0.3, 0.4) is 0 Å². The molecule has 0 saturated heterocycles. The molecule has 5 nitrogen and oxygen atoms in total. The Hall–Kier alpha value is -3.02. The predicted molar refractivity (Wildman–Crippen MR) is 119 cm³/mol. The van der Waals surface area contributed by atoms with Crippen molar-refractivity contribution in [3.05, 3.63) is 82.9 Å². The van der Waals surface area contributed by atoms with Crippen LogP contribution >= 0.6 is 11.6 Å². The number of benzene rings is 3. The lowest BCUT2D eigenvalue weighted by molar-refractivity contribution is 0.102. The van der Waals surface area contributed by atoms with Crippen LogP contribution in [0.2, 0.25) is 5.02 Å². The van der Waals surface area contributed by atoms with Crippen molar-refractivity contribution in [3.63, 3.8) is 0 Å². The number of rotatable bonds is 9. The summed E-state index contributed by atoms with van der Waals surface area (Å²) in [6.07, 6.45) is 0.918. The third-order valence-electron chi connectivity index (χ3n) is 4.31. The number of hydrogen-bond donors (Lipinski definition) is 1. The molecule has 0 aliphatic carbocycles. The van der Waals surface area contributed by atoms with Crippen LogP contribution in [0, 0.1) is 0 Å². The number of nitrogens with one attached hydrogen (secondary N) is 1. The minimum atomic E-state index is -0.283. The highest BCUT2D eigenvalue weighted by Crippen LogP contribution is 2.32. The summed E-state index contributed by atoms with van der Waals surface area (Å²) < 4.78 is 16.9. The predicted octanol–water partition coefficient (Wildman–Crippen LogP) is 6.32. The quantitative estimate of drug-likeness (QED) is 0.407. The second-order valence-corrected chi connectivity index (χ2v) is 7.03. The molecular formula is C24H24ClNO4. The molecule has 0 aliphatic rings. The maximum atomic E-state index is 12.9. The molecule has 0 aromatic heterocycles. The minimum absolute atomic E-state index is 0.283. The smallest absolute Gasteiger partial charge is 0.255 e. The van der Waals surface area contributed by atoms with Gasteiger partial charge in [-0.2, -0.15) is 0 Å². The van der Waals surface area contributed by atoms with Crippen LogP contribution in [-0.4, -0.2) is 19.6 Å². The van der Waals surface area contributed by atoms with Crippen molar-refractivity contribution in [2.45, 2.75) is 20.0 Å². The number of hydrogen-bond acceptors (Lipinski definition) is 4. The van der Waals surface area contributed by atoms with Crippen molar-refractivity contribution in [1.82, 2.24) is 0 Å². The number of ether oxygens (including phenoxy) is 3. The summed E-state index contributed by atoms with van der Waals surface area (Å²) in [7, 11) is 1.59. The van der Waals surface area contributed by atoms with E-state index in [0.29, 0.717) is 46.7 Å². The van der Waals surface area contributed by atoms with Crippen LogP contribution in [0.4, 0.5) is 5.69 Å². The molecule has 30 heavy (non-hydrogen) atoms. The molecule has 6 heteroatoms. The van der Waals surface area contributed by atoms with Crippen molar-refractivity contribution in [3.8, 4) is 17.2 Å². The molecule has 0 spiro atoms. The number of methoxy groups -OCH3 is 1. The van der Waals surface area contributed by atoms with E-state index in [2.05, 4.69) is 5.32 Å². The van der Waals surface area contributed by atoms with E-state index in [1.54, 1.807) is 43.5 Å². The molecule has 0 fully saturated rings. The Kier molecular flexibility index (Phi) is 7.71. The molecule has 156 valence electrons. The number of anilines is 1. The Morgan fingerprint density at radius 3 is 2.50 bits per heavy atom. The van der Waals surface area contributed by atoms with Crippen molar-refractivity contribution in [2.75, 3.05) is 19.0 Å². The third kappa shape index (κ3) is 5.75. The van der Waals surface area contributed by atoms with Gasteiger partial charge < -0.3 is 19.5 Å². The molecule has 0 radical (unpaired) electrons. The molecule has 0 saturated carbocycles. The SMILES string of the molecule is CCCOCc1cc(C(=O)Nc2cc(Cl)ccc2Oc2ccccc2)ccc1OC. The van der Waals surface area contributed by atoms with Crippen LogP contribution < -0.4 is 14.8 Å². The molecule has 0 aliphatic heterocycles. The lowest BCUT2D eigenvalue weighted by Gasteiger charge is -2.14. The Balaban J connectivity index is 1.81. The van der Waals surface area contributed by atoms with E-state index in [-0.39, 0.29) is 5.91 Å². The molecule has 3 aromatic rings. The Labute approximate surface area is 181 Å². The van der Waals surface area contributed by atoms with Crippen molar-refractivity contribution in [2.24, 2.45) is 0 Å². The Morgan fingerprint density at radius 1 is 1.00 bits per heavy atom. The van der Waals surface area contributed by atoms with E-state index in [9.17, 15) is 4.79 Å². The summed E-state index contributed by atoms with van der Waals surface area (Å²) in [6, 6.07) is 19.7. The molecule has 3 rings (SSSR count). The van der Waals surface area contributed by atoms with Gasteiger partial charge >= 0.3 is 0 Å². The summed E-state index contributed by atoms with van der Waals surface area (Å²) in [5, 5.41) is 3.38. The fourth-order valence-corrected chi connectivity index (χ4v) is 3.03.